The highest BCUT2D eigenvalue weighted by Crippen LogP contribution is 2.20. The van der Waals surface area contributed by atoms with Crippen molar-refractivity contribution in [2.75, 3.05) is 26.2 Å². The summed E-state index contributed by atoms with van der Waals surface area (Å²) in [7, 11) is 0. The number of rotatable bonds is 4. The van der Waals surface area contributed by atoms with Gasteiger partial charge in [0.2, 0.25) is 0 Å². The molecule has 124 valence electrons. The summed E-state index contributed by atoms with van der Waals surface area (Å²) in [4.78, 5) is 8.52. The molecule has 1 aromatic heterocycles. The van der Waals surface area contributed by atoms with Crippen molar-refractivity contribution in [1.82, 2.24) is 14.8 Å². The molecule has 3 nitrogen and oxygen atoms in total. The van der Waals surface area contributed by atoms with E-state index in [0.29, 0.717) is 0 Å². The molecule has 1 fully saturated rings. The van der Waals surface area contributed by atoms with Gasteiger partial charge in [0.15, 0.2) is 0 Å². The molecule has 0 spiro atoms. The molecule has 24 heavy (non-hydrogen) atoms. The van der Waals surface area contributed by atoms with Crippen molar-refractivity contribution in [3.8, 4) is 0 Å². The van der Waals surface area contributed by atoms with Gasteiger partial charge in [0, 0.05) is 56.4 Å². The molecule has 0 radical (unpaired) electrons. The average Bonchev–Trinajstić information content (AvgIpc) is 3.02. The quantitative estimate of drug-likeness (QED) is 0.790. The van der Waals surface area contributed by atoms with Crippen LogP contribution in [0.1, 0.15) is 16.7 Å². The minimum Gasteiger partial charge on any atom is -0.361 e. The Balaban J connectivity index is 1.33. The van der Waals surface area contributed by atoms with Crippen LogP contribution in [0.5, 0.6) is 0 Å². The second kappa shape index (κ2) is 6.80. The Morgan fingerprint density at radius 1 is 0.833 bits per heavy atom. The SMILES string of the molecule is Cc1ccc(CN2CCN(Cc3c[nH]c4ccccc34)CC2)cc1. The van der Waals surface area contributed by atoms with E-state index in [-0.39, 0.29) is 0 Å². The van der Waals surface area contributed by atoms with Crippen molar-refractivity contribution in [3.05, 3.63) is 71.4 Å². The van der Waals surface area contributed by atoms with Gasteiger partial charge in [-0.15, -0.1) is 0 Å². The third-order valence-corrected chi connectivity index (χ3v) is 5.06. The summed E-state index contributed by atoms with van der Waals surface area (Å²) < 4.78 is 0. The smallest absolute Gasteiger partial charge is 0.0457 e. The Labute approximate surface area is 143 Å². The van der Waals surface area contributed by atoms with Crippen molar-refractivity contribution < 1.29 is 0 Å². The molecule has 2 heterocycles. The molecule has 1 saturated heterocycles. The number of H-pyrrole nitrogens is 1. The van der Waals surface area contributed by atoms with Crippen molar-refractivity contribution in [3.63, 3.8) is 0 Å². The third-order valence-electron chi connectivity index (χ3n) is 5.06. The zero-order valence-corrected chi connectivity index (χ0v) is 14.3. The van der Waals surface area contributed by atoms with Crippen LogP contribution >= 0.6 is 0 Å². The largest absolute Gasteiger partial charge is 0.361 e. The fourth-order valence-corrected chi connectivity index (χ4v) is 3.56. The van der Waals surface area contributed by atoms with E-state index in [1.807, 2.05) is 0 Å². The number of benzene rings is 2. The average molecular weight is 319 g/mol. The number of hydrogen-bond acceptors (Lipinski definition) is 2. The van der Waals surface area contributed by atoms with Gasteiger partial charge in [-0.05, 0) is 24.1 Å². The summed E-state index contributed by atoms with van der Waals surface area (Å²) >= 11 is 0. The van der Waals surface area contributed by atoms with Gasteiger partial charge in [-0.3, -0.25) is 9.80 Å². The van der Waals surface area contributed by atoms with E-state index in [0.717, 1.165) is 39.3 Å². The number of aromatic amines is 1. The highest BCUT2D eigenvalue weighted by atomic mass is 15.3. The van der Waals surface area contributed by atoms with E-state index < -0.39 is 0 Å². The van der Waals surface area contributed by atoms with E-state index in [9.17, 15) is 0 Å². The summed E-state index contributed by atoms with van der Waals surface area (Å²) in [5.41, 5.74) is 5.41. The number of nitrogens with one attached hydrogen (secondary N) is 1. The molecule has 3 heteroatoms. The van der Waals surface area contributed by atoms with Crippen LogP contribution in [0.15, 0.2) is 54.7 Å². The first-order valence-electron chi connectivity index (χ1n) is 8.83. The second-order valence-electron chi connectivity index (χ2n) is 6.90. The normalized spacial score (nSPS) is 16.7. The maximum absolute atomic E-state index is 3.39. The third kappa shape index (κ3) is 3.37. The van der Waals surface area contributed by atoms with Gasteiger partial charge in [0.25, 0.3) is 0 Å². The molecular weight excluding hydrogens is 294 g/mol. The Bertz CT molecular complexity index is 795. The zero-order chi connectivity index (χ0) is 16.4. The van der Waals surface area contributed by atoms with Crippen molar-refractivity contribution in [2.24, 2.45) is 0 Å². The summed E-state index contributed by atoms with van der Waals surface area (Å²) in [6.07, 6.45) is 2.17. The molecule has 1 N–H and O–H groups in total. The fraction of sp³-hybridized carbons (Fsp3) is 0.333. The van der Waals surface area contributed by atoms with Crippen LogP contribution in [0.4, 0.5) is 0 Å². The molecule has 3 aromatic rings. The van der Waals surface area contributed by atoms with Crippen LogP contribution in [-0.4, -0.2) is 41.0 Å². The summed E-state index contributed by atoms with van der Waals surface area (Å²) in [5, 5.41) is 1.36. The van der Waals surface area contributed by atoms with Gasteiger partial charge < -0.3 is 4.98 Å². The first-order valence-corrected chi connectivity index (χ1v) is 8.83. The first-order chi connectivity index (χ1) is 11.8. The van der Waals surface area contributed by atoms with E-state index in [1.54, 1.807) is 0 Å². The molecule has 2 aromatic carbocycles. The topological polar surface area (TPSA) is 22.3 Å². The van der Waals surface area contributed by atoms with Crippen LogP contribution < -0.4 is 0 Å². The van der Waals surface area contributed by atoms with Gasteiger partial charge in [-0.2, -0.15) is 0 Å². The van der Waals surface area contributed by atoms with Crippen molar-refractivity contribution in [1.29, 1.82) is 0 Å². The first kappa shape index (κ1) is 15.4. The Kier molecular flexibility index (Phi) is 4.37. The van der Waals surface area contributed by atoms with Gasteiger partial charge in [-0.1, -0.05) is 48.0 Å². The van der Waals surface area contributed by atoms with E-state index in [1.165, 1.54) is 27.6 Å². The monoisotopic (exact) mass is 319 g/mol. The number of hydrogen-bond donors (Lipinski definition) is 1. The number of piperazine rings is 1. The highest BCUT2D eigenvalue weighted by Gasteiger charge is 2.18. The predicted octanol–water partition coefficient (Wildman–Crippen LogP) is 3.79. The van der Waals surface area contributed by atoms with Crippen LogP contribution in [0, 0.1) is 6.92 Å². The number of nitrogens with zero attached hydrogens (tertiary/aromatic N) is 2. The lowest BCUT2D eigenvalue weighted by Gasteiger charge is -2.34. The highest BCUT2D eigenvalue weighted by molar-refractivity contribution is 5.82. The Morgan fingerprint density at radius 3 is 2.25 bits per heavy atom. The molecule has 4 rings (SSSR count). The molecule has 0 unspecified atom stereocenters. The standard InChI is InChI=1S/C21H25N3/c1-17-6-8-18(9-7-17)15-23-10-12-24(13-11-23)16-19-14-22-21-5-3-2-4-20(19)21/h2-9,14,22H,10-13,15-16H2,1H3. The summed E-state index contributed by atoms with van der Waals surface area (Å²) in [6, 6.07) is 17.5. The van der Waals surface area contributed by atoms with Crippen molar-refractivity contribution >= 4 is 10.9 Å². The van der Waals surface area contributed by atoms with Crippen LogP contribution in [0.3, 0.4) is 0 Å². The van der Waals surface area contributed by atoms with Crippen LogP contribution in [-0.2, 0) is 13.1 Å². The lowest BCUT2D eigenvalue weighted by molar-refractivity contribution is 0.122. The van der Waals surface area contributed by atoms with E-state index in [2.05, 4.69) is 76.4 Å². The Morgan fingerprint density at radius 2 is 1.50 bits per heavy atom. The lowest BCUT2D eigenvalue weighted by atomic mass is 10.1. The summed E-state index contributed by atoms with van der Waals surface area (Å²) in [5.74, 6) is 0. The van der Waals surface area contributed by atoms with Gasteiger partial charge in [-0.25, -0.2) is 0 Å². The molecule has 1 aliphatic rings. The molecule has 0 bridgehead atoms. The van der Waals surface area contributed by atoms with E-state index in [4.69, 9.17) is 0 Å². The van der Waals surface area contributed by atoms with Gasteiger partial charge in [0.05, 0.1) is 0 Å². The van der Waals surface area contributed by atoms with Gasteiger partial charge >= 0.3 is 0 Å². The molecule has 0 amide bonds. The lowest BCUT2D eigenvalue weighted by Crippen LogP contribution is -2.45. The van der Waals surface area contributed by atoms with Gasteiger partial charge in [0.1, 0.15) is 0 Å². The Hall–Kier alpha value is -2.10. The van der Waals surface area contributed by atoms with Crippen LogP contribution in [0.2, 0.25) is 0 Å². The van der Waals surface area contributed by atoms with E-state index >= 15 is 0 Å². The number of para-hydroxylation sites is 1. The molecular formula is C21H25N3. The fourth-order valence-electron chi connectivity index (χ4n) is 3.56. The molecule has 0 atom stereocenters. The molecule has 1 aliphatic heterocycles. The molecule has 0 aliphatic carbocycles. The predicted molar refractivity (Wildman–Crippen MR) is 100 cm³/mol. The molecule has 0 saturated carbocycles. The minimum absolute atomic E-state index is 1.04. The zero-order valence-electron chi connectivity index (χ0n) is 14.3. The second-order valence-corrected chi connectivity index (χ2v) is 6.90. The number of fused-ring (bicyclic) bond motifs is 1. The summed E-state index contributed by atoms with van der Waals surface area (Å²) in [6.45, 7) is 8.85. The van der Waals surface area contributed by atoms with Crippen molar-refractivity contribution in [2.45, 2.75) is 20.0 Å². The maximum atomic E-state index is 3.39. The minimum atomic E-state index is 1.04. The maximum Gasteiger partial charge on any atom is 0.0457 e. The number of aromatic nitrogens is 1. The van der Waals surface area contributed by atoms with Crippen LogP contribution in [0.25, 0.3) is 10.9 Å². The number of aryl methyl sites for hydroxylation is 1.